The molecule has 19 heavy (non-hydrogen) atoms. The van der Waals surface area contributed by atoms with Gasteiger partial charge in [0.15, 0.2) is 5.16 Å². The van der Waals surface area contributed by atoms with E-state index in [0.29, 0.717) is 17.1 Å². The summed E-state index contributed by atoms with van der Waals surface area (Å²) in [6.45, 7) is 10.3. The van der Waals surface area contributed by atoms with E-state index in [2.05, 4.69) is 39.0 Å². The van der Waals surface area contributed by atoms with Crippen molar-refractivity contribution >= 4 is 17.7 Å². The third-order valence-electron chi connectivity index (χ3n) is 2.64. The van der Waals surface area contributed by atoms with Gasteiger partial charge in [0, 0.05) is 18.8 Å². The van der Waals surface area contributed by atoms with Crippen LogP contribution in [0.5, 0.6) is 6.01 Å². The maximum atomic E-state index is 5.09. The minimum Gasteiger partial charge on any atom is -0.467 e. The molecule has 0 saturated heterocycles. The van der Waals surface area contributed by atoms with E-state index in [0.717, 1.165) is 31.9 Å². The zero-order valence-corrected chi connectivity index (χ0v) is 13.0. The Kier molecular flexibility index (Phi) is 7.50. The average molecular weight is 285 g/mol. The number of nitrogens with one attached hydrogen (secondary N) is 1. The summed E-state index contributed by atoms with van der Waals surface area (Å²) in [5.41, 5.74) is 0. The minimum atomic E-state index is 0.358. The predicted octanol–water partition coefficient (Wildman–Crippen LogP) is 1.75. The number of hydrogen-bond acceptors (Lipinski definition) is 7. The molecular weight excluding hydrogens is 262 g/mol. The SMILES string of the molecule is CCNc1nc(OC)nc(SCCN(CC)CC)n1. The van der Waals surface area contributed by atoms with Crippen molar-refractivity contribution < 1.29 is 4.74 Å². The molecule has 0 aliphatic heterocycles. The van der Waals surface area contributed by atoms with Gasteiger partial charge >= 0.3 is 6.01 Å². The van der Waals surface area contributed by atoms with Crippen LogP contribution in [0.4, 0.5) is 5.95 Å². The van der Waals surface area contributed by atoms with Gasteiger partial charge in [0.05, 0.1) is 7.11 Å². The molecule has 0 amide bonds. The van der Waals surface area contributed by atoms with Crippen molar-refractivity contribution in [1.29, 1.82) is 0 Å². The number of thioether (sulfide) groups is 1. The highest BCUT2D eigenvalue weighted by molar-refractivity contribution is 7.99. The Morgan fingerprint density at radius 2 is 1.89 bits per heavy atom. The summed E-state index contributed by atoms with van der Waals surface area (Å²) >= 11 is 1.63. The molecule has 1 aromatic rings. The molecule has 0 aliphatic carbocycles. The van der Waals surface area contributed by atoms with Crippen molar-refractivity contribution in [3.8, 4) is 6.01 Å². The van der Waals surface area contributed by atoms with Crippen molar-refractivity contribution in [2.45, 2.75) is 25.9 Å². The fourth-order valence-corrected chi connectivity index (χ4v) is 2.36. The zero-order chi connectivity index (χ0) is 14.1. The molecule has 6 nitrogen and oxygen atoms in total. The van der Waals surface area contributed by atoms with E-state index in [-0.39, 0.29) is 0 Å². The molecule has 7 heteroatoms. The van der Waals surface area contributed by atoms with E-state index in [9.17, 15) is 0 Å². The molecule has 0 aliphatic rings. The highest BCUT2D eigenvalue weighted by atomic mass is 32.2. The summed E-state index contributed by atoms with van der Waals surface area (Å²) in [6.07, 6.45) is 0. The third kappa shape index (κ3) is 5.61. The fourth-order valence-electron chi connectivity index (χ4n) is 1.54. The largest absolute Gasteiger partial charge is 0.467 e. The molecule has 0 saturated carbocycles. The Morgan fingerprint density at radius 1 is 1.16 bits per heavy atom. The van der Waals surface area contributed by atoms with Crippen LogP contribution in [0.1, 0.15) is 20.8 Å². The van der Waals surface area contributed by atoms with Crippen LogP contribution >= 0.6 is 11.8 Å². The van der Waals surface area contributed by atoms with Gasteiger partial charge in [0.25, 0.3) is 0 Å². The molecule has 0 fully saturated rings. The summed E-state index contributed by atoms with van der Waals surface area (Å²) in [7, 11) is 1.56. The molecule has 1 heterocycles. The standard InChI is InChI=1S/C12H23N5OS/c1-5-13-10-14-11(18-4)16-12(15-10)19-9-8-17(6-2)7-3/h5-9H2,1-4H3,(H,13,14,15,16). The smallest absolute Gasteiger partial charge is 0.321 e. The summed E-state index contributed by atoms with van der Waals surface area (Å²) < 4.78 is 5.09. The summed E-state index contributed by atoms with van der Waals surface area (Å²) in [5.74, 6) is 1.53. The molecule has 1 aromatic heterocycles. The molecule has 0 spiro atoms. The lowest BCUT2D eigenvalue weighted by atomic mass is 10.5. The van der Waals surface area contributed by atoms with Crippen LogP contribution < -0.4 is 10.1 Å². The van der Waals surface area contributed by atoms with Crippen molar-refractivity contribution in [3.05, 3.63) is 0 Å². The van der Waals surface area contributed by atoms with Crippen molar-refractivity contribution in [1.82, 2.24) is 19.9 Å². The molecule has 0 aromatic carbocycles. The van der Waals surface area contributed by atoms with Crippen LogP contribution in [0.25, 0.3) is 0 Å². The number of methoxy groups -OCH3 is 1. The lowest BCUT2D eigenvalue weighted by Gasteiger charge is -2.16. The normalized spacial score (nSPS) is 10.8. The third-order valence-corrected chi connectivity index (χ3v) is 3.47. The number of nitrogens with zero attached hydrogens (tertiary/aromatic N) is 4. The second-order valence-electron chi connectivity index (χ2n) is 3.83. The predicted molar refractivity (Wildman–Crippen MR) is 79.1 cm³/mol. The quantitative estimate of drug-likeness (QED) is 0.693. The molecule has 108 valence electrons. The number of ether oxygens (including phenoxy) is 1. The number of aromatic nitrogens is 3. The van der Waals surface area contributed by atoms with E-state index in [1.807, 2.05) is 6.92 Å². The first-order valence-electron chi connectivity index (χ1n) is 6.62. The summed E-state index contributed by atoms with van der Waals surface area (Å²) in [6, 6.07) is 0.358. The Labute approximate surface area is 119 Å². The topological polar surface area (TPSA) is 63.2 Å². The highest BCUT2D eigenvalue weighted by Crippen LogP contribution is 2.17. The van der Waals surface area contributed by atoms with E-state index < -0.39 is 0 Å². The van der Waals surface area contributed by atoms with Crippen LogP contribution in [0, 0.1) is 0 Å². The minimum absolute atomic E-state index is 0.358. The van der Waals surface area contributed by atoms with Crippen molar-refractivity contribution in [3.63, 3.8) is 0 Å². The molecule has 1 rings (SSSR count). The van der Waals surface area contributed by atoms with Crippen LogP contribution in [0.2, 0.25) is 0 Å². The Morgan fingerprint density at radius 3 is 2.47 bits per heavy atom. The number of anilines is 1. The van der Waals surface area contributed by atoms with Gasteiger partial charge in [0.2, 0.25) is 5.95 Å². The molecular formula is C12H23N5OS. The fraction of sp³-hybridized carbons (Fsp3) is 0.750. The first-order valence-corrected chi connectivity index (χ1v) is 7.61. The van der Waals surface area contributed by atoms with E-state index in [1.165, 1.54) is 0 Å². The van der Waals surface area contributed by atoms with Gasteiger partial charge in [-0.3, -0.25) is 0 Å². The first kappa shape index (κ1) is 16.0. The highest BCUT2D eigenvalue weighted by Gasteiger charge is 2.07. The van der Waals surface area contributed by atoms with Gasteiger partial charge in [-0.25, -0.2) is 0 Å². The maximum Gasteiger partial charge on any atom is 0.321 e. The van der Waals surface area contributed by atoms with E-state index in [4.69, 9.17) is 4.74 Å². The first-order chi connectivity index (χ1) is 9.23. The van der Waals surface area contributed by atoms with Gasteiger partial charge in [0.1, 0.15) is 0 Å². The summed E-state index contributed by atoms with van der Waals surface area (Å²) in [5, 5.41) is 3.78. The second-order valence-corrected chi connectivity index (χ2v) is 4.90. The van der Waals surface area contributed by atoms with Gasteiger partial charge in [-0.15, -0.1) is 0 Å². The van der Waals surface area contributed by atoms with Gasteiger partial charge in [-0.1, -0.05) is 25.6 Å². The maximum absolute atomic E-state index is 5.09. The van der Waals surface area contributed by atoms with Gasteiger partial charge < -0.3 is 15.0 Å². The van der Waals surface area contributed by atoms with Crippen LogP contribution in [-0.2, 0) is 0 Å². The van der Waals surface area contributed by atoms with Crippen LogP contribution in [0.3, 0.4) is 0 Å². The van der Waals surface area contributed by atoms with Crippen LogP contribution in [-0.4, -0.2) is 58.9 Å². The molecule has 1 N–H and O–H groups in total. The van der Waals surface area contributed by atoms with Crippen molar-refractivity contribution in [2.75, 3.05) is 44.4 Å². The Balaban J connectivity index is 2.58. The zero-order valence-electron chi connectivity index (χ0n) is 12.1. The Hall–Kier alpha value is -1.08. The lowest BCUT2D eigenvalue weighted by molar-refractivity contribution is 0.323. The molecule has 0 radical (unpaired) electrons. The monoisotopic (exact) mass is 285 g/mol. The van der Waals surface area contributed by atoms with Gasteiger partial charge in [-0.05, 0) is 20.0 Å². The van der Waals surface area contributed by atoms with Crippen LogP contribution in [0.15, 0.2) is 5.16 Å². The number of hydrogen-bond donors (Lipinski definition) is 1. The van der Waals surface area contributed by atoms with E-state index in [1.54, 1.807) is 18.9 Å². The summed E-state index contributed by atoms with van der Waals surface area (Å²) in [4.78, 5) is 15.1. The van der Waals surface area contributed by atoms with Gasteiger partial charge in [-0.2, -0.15) is 15.0 Å². The lowest BCUT2D eigenvalue weighted by Crippen LogP contribution is -2.25. The Bertz CT molecular complexity index is 373. The molecule has 0 unspecified atom stereocenters. The van der Waals surface area contributed by atoms with E-state index >= 15 is 0 Å². The molecule has 0 atom stereocenters. The van der Waals surface area contributed by atoms with Crippen molar-refractivity contribution in [2.24, 2.45) is 0 Å². The number of rotatable bonds is 9. The second kappa shape index (κ2) is 8.92. The average Bonchev–Trinajstić information content (AvgIpc) is 2.43. The molecule has 0 bridgehead atoms.